The summed E-state index contributed by atoms with van der Waals surface area (Å²) in [7, 11) is 0. The Labute approximate surface area is 174 Å². The quantitative estimate of drug-likeness (QED) is 0.668. The predicted molar refractivity (Wildman–Crippen MR) is 112 cm³/mol. The van der Waals surface area contributed by atoms with Crippen LogP contribution in [0.25, 0.3) is 0 Å². The number of para-hydroxylation sites is 2. The zero-order chi connectivity index (χ0) is 20.5. The van der Waals surface area contributed by atoms with E-state index in [0.29, 0.717) is 50.7 Å². The lowest BCUT2D eigenvalue weighted by Gasteiger charge is -2.35. The minimum absolute atomic E-state index is 0.0142. The van der Waals surface area contributed by atoms with Crippen LogP contribution in [0.3, 0.4) is 0 Å². The molecule has 2 aliphatic rings. The topological polar surface area (TPSA) is 59.1 Å². The summed E-state index contributed by atoms with van der Waals surface area (Å²) in [6.07, 6.45) is 8.21. The molecule has 160 valence electrons. The van der Waals surface area contributed by atoms with Crippen LogP contribution in [0.4, 0.5) is 0 Å². The molecule has 1 aromatic rings. The number of hydrogen-bond acceptors (Lipinski definition) is 4. The fourth-order valence-corrected chi connectivity index (χ4v) is 4.24. The number of carbonyl (C=O) groups is 2. The Morgan fingerprint density at radius 1 is 0.897 bits per heavy atom. The van der Waals surface area contributed by atoms with Crippen LogP contribution in [0.2, 0.25) is 0 Å². The lowest BCUT2D eigenvalue weighted by molar-refractivity contribution is -0.140. The van der Waals surface area contributed by atoms with E-state index in [9.17, 15) is 9.59 Å². The molecular formula is C23H34N2O4. The second-order valence-electron chi connectivity index (χ2n) is 7.97. The number of hydrogen-bond donors (Lipinski definition) is 0. The molecular weight excluding hydrogens is 368 g/mol. The van der Waals surface area contributed by atoms with E-state index in [-0.39, 0.29) is 18.4 Å². The highest BCUT2D eigenvalue weighted by Crippen LogP contribution is 2.28. The maximum Gasteiger partial charge on any atom is 0.260 e. The van der Waals surface area contributed by atoms with Crippen molar-refractivity contribution in [3.63, 3.8) is 0 Å². The van der Waals surface area contributed by atoms with E-state index in [2.05, 4.69) is 0 Å². The van der Waals surface area contributed by atoms with Gasteiger partial charge in [0, 0.05) is 32.6 Å². The Hall–Kier alpha value is -2.24. The van der Waals surface area contributed by atoms with Crippen molar-refractivity contribution in [1.29, 1.82) is 0 Å². The van der Waals surface area contributed by atoms with Gasteiger partial charge in [-0.05, 0) is 31.4 Å². The summed E-state index contributed by atoms with van der Waals surface area (Å²) in [5.74, 6) is 2.15. The molecule has 2 fully saturated rings. The van der Waals surface area contributed by atoms with E-state index in [1.165, 1.54) is 32.1 Å². The molecule has 0 N–H and O–H groups in total. The van der Waals surface area contributed by atoms with Gasteiger partial charge >= 0.3 is 0 Å². The molecule has 1 aliphatic carbocycles. The highest BCUT2D eigenvalue weighted by molar-refractivity contribution is 5.79. The third kappa shape index (κ3) is 6.38. The lowest BCUT2D eigenvalue weighted by atomic mass is 9.86. The summed E-state index contributed by atoms with van der Waals surface area (Å²) in [5.41, 5.74) is 0. The van der Waals surface area contributed by atoms with Gasteiger partial charge < -0.3 is 19.3 Å². The first kappa shape index (κ1) is 21.5. The summed E-state index contributed by atoms with van der Waals surface area (Å²) in [6, 6.07) is 7.38. The zero-order valence-electron chi connectivity index (χ0n) is 17.6. The highest BCUT2D eigenvalue weighted by atomic mass is 16.5. The number of benzene rings is 1. The Morgan fingerprint density at radius 3 is 2.10 bits per heavy atom. The van der Waals surface area contributed by atoms with E-state index in [4.69, 9.17) is 9.47 Å². The molecule has 0 unspecified atom stereocenters. The van der Waals surface area contributed by atoms with Crippen LogP contribution < -0.4 is 9.47 Å². The molecule has 6 heteroatoms. The maximum absolute atomic E-state index is 12.5. The van der Waals surface area contributed by atoms with Gasteiger partial charge in [0.1, 0.15) is 0 Å². The second-order valence-corrected chi connectivity index (χ2v) is 7.97. The third-order valence-corrected chi connectivity index (χ3v) is 5.98. The molecule has 29 heavy (non-hydrogen) atoms. The molecule has 2 amide bonds. The van der Waals surface area contributed by atoms with Gasteiger partial charge in [0.15, 0.2) is 18.1 Å². The van der Waals surface area contributed by atoms with Crippen LogP contribution in [-0.2, 0) is 9.59 Å². The van der Waals surface area contributed by atoms with Crippen LogP contribution in [-0.4, -0.2) is 61.0 Å². The molecule has 0 atom stereocenters. The van der Waals surface area contributed by atoms with Crippen LogP contribution in [0.1, 0.15) is 51.9 Å². The standard InChI is InChI=1S/C23H34N2O4/c1-2-28-20-10-6-7-11-21(20)29-18-23(27)25-16-14-24(15-17-25)22(26)13-12-19-8-4-3-5-9-19/h6-7,10-11,19H,2-5,8-9,12-18H2,1H3. The second kappa shape index (κ2) is 11.1. The number of carbonyl (C=O) groups excluding carboxylic acids is 2. The average molecular weight is 403 g/mol. The highest BCUT2D eigenvalue weighted by Gasteiger charge is 2.25. The van der Waals surface area contributed by atoms with Gasteiger partial charge in [-0.3, -0.25) is 9.59 Å². The predicted octanol–water partition coefficient (Wildman–Crippen LogP) is 3.50. The fraction of sp³-hybridized carbons (Fsp3) is 0.652. The van der Waals surface area contributed by atoms with Crippen molar-refractivity contribution in [2.24, 2.45) is 5.92 Å². The first-order chi connectivity index (χ1) is 14.2. The van der Waals surface area contributed by atoms with Crippen LogP contribution >= 0.6 is 0 Å². The fourth-order valence-electron chi connectivity index (χ4n) is 4.24. The summed E-state index contributed by atoms with van der Waals surface area (Å²) in [6.45, 7) is 4.83. The SMILES string of the molecule is CCOc1ccccc1OCC(=O)N1CCN(C(=O)CCC2CCCCC2)CC1. The van der Waals surface area contributed by atoms with Gasteiger partial charge in [0.05, 0.1) is 6.61 Å². The number of ether oxygens (including phenoxy) is 2. The molecule has 1 heterocycles. The number of nitrogens with zero attached hydrogens (tertiary/aromatic N) is 2. The van der Waals surface area contributed by atoms with E-state index in [1.807, 2.05) is 30.0 Å². The Balaban J connectivity index is 1.38. The van der Waals surface area contributed by atoms with Crippen molar-refractivity contribution >= 4 is 11.8 Å². The first-order valence-electron chi connectivity index (χ1n) is 11.1. The summed E-state index contributed by atoms with van der Waals surface area (Å²) < 4.78 is 11.2. The average Bonchev–Trinajstić information content (AvgIpc) is 2.77. The van der Waals surface area contributed by atoms with Crippen molar-refractivity contribution < 1.29 is 19.1 Å². The Morgan fingerprint density at radius 2 is 1.48 bits per heavy atom. The maximum atomic E-state index is 12.5. The van der Waals surface area contributed by atoms with Crippen LogP contribution in [0.15, 0.2) is 24.3 Å². The lowest BCUT2D eigenvalue weighted by Crippen LogP contribution is -2.51. The molecule has 1 aliphatic heterocycles. The Kier molecular flexibility index (Phi) is 8.20. The molecule has 1 saturated heterocycles. The largest absolute Gasteiger partial charge is 0.490 e. The molecule has 3 rings (SSSR count). The van der Waals surface area contributed by atoms with Gasteiger partial charge in [-0.15, -0.1) is 0 Å². The van der Waals surface area contributed by atoms with Crippen molar-refractivity contribution in [3.05, 3.63) is 24.3 Å². The summed E-state index contributed by atoms with van der Waals surface area (Å²) >= 11 is 0. The molecule has 0 bridgehead atoms. The monoisotopic (exact) mass is 402 g/mol. The van der Waals surface area contributed by atoms with E-state index < -0.39 is 0 Å². The minimum Gasteiger partial charge on any atom is -0.490 e. The van der Waals surface area contributed by atoms with Crippen molar-refractivity contribution in [1.82, 2.24) is 9.80 Å². The molecule has 1 aromatic carbocycles. The van der Waals surface area contributed by atoms with Gasteiger partial charge in [-0.1, -0.05) is 44.2 Å². The normalized spacial score (nSPS) is 17.8. The molecule has 0 spiro atoms. The van der Waals surface area contributed by atoms with Crippen molar-refractivity contribution in [2.75, 3.05) is 39.4 Å². The van der Waals surface area contributed by atoms with E-state index >= 15 is 0 Å². The molecule has 1 saturated carbocycles. The summed E-state index contributed by atoms with van der Waals surface area (Å²) in [5, 5.41) is 0. The number of piperazine rings is 1. The minimum atomic E-state index is -0.0504. The van der Waals surface area contributed by atoms with E-state index in [1.54, 1.807) is 11.0 Å². The third-order valence-electron chi connectivity index (χ3n) is 5.98. The first-order valence-corrected chi connectivity index (χ1v) is 11.1. The van der Waals surface area contributed by atoms with Crippen LogP contribution in [0, 0.1) is 5.92 Å². The van der Waals surface area contributed by atoms with E-state index in [0.717, 1.165) is 12.3 Å². The van der Waals surface area contributed by atoms with Crippen LogP contribution in [0.5, 0.6) is 11.5 Å². The van der Waals surface area contributed by atoms with Crippen molar-refractivity contribution in [3.8, 4) is 11.5 Å². The van der Waals surface area contributed by atoms with Gasteiger partial charge in [-0.25, -0.2) is 0 Å². The molecule has 6 nitrogen and oxygen atoms in total. The van der Waals surface area contributed by atoms with Crippen molar-refractivity contribution in [2.45, 2.75) is 51.9 Å². The molecule has 0 aromatic heterocycles. The summed E-state index contributed by atoms with van der Waals surface area (Å²) in [4.78, 5) is 28.7. The number of rotatable bonds is 8. The van der Waals surface area contributed by atoms with Gasteiger partial charge in [0.2, 0.25) is 5.91 Å². The van der Waals surface area contributed by atoms with Gasteiger partial charge in [-0.2, -0.15) is 0 Å². The zero-order valence-corrected chi connectivity index (χ0v) is 17.6. The molecule has 0 radical (unpaired) electrons. The number of amides is 2. The van der Waals surface area contributed by atoms with Gasteiger partial charge in [0.25, 0.3) is 5.91 Å². The smallest absolute Gasteiger partial charge is 0.260 e. The Bertz CT molecular complexity index is 665.